The molecule has 3 saturated heterocycles. The number of nitrogens with zero attached hydrogens (tertiary/aromatic N) is 3. The number of carbonyl (C=O) groups excluding carboxylic acids is 2. The lowest BCUT2D eigenvalue weighted by molar-refractivity contribution is -0.130. The Kier molecular flexibility index (Phi) is 4.64. The topological polar surface area (TPSA) is 77.0 Å². The second-order valence-electron chi connectivity index (χ2n) is 10.6. The lowest BCUT2D eigenvalue weighted by Crippen LogP contribution is -2.42. The molecule has 3 aromatic carbocycles. The Labute approximate surface area is 213 Å². The molecular formula is C30H25N3O4. The zero-order valence-electron chi connectivity index (χ0n) is 20.4. The molecule has 3 aliphatic heterocycles. The summed E-state index contributed by atoms with van der Waals surface area (Å²) in [5, 5.41) is 1.48. The number of fused-ring (bicyclic) bond motifs is 7. The first-order valence-electron chi connectivity index (χ1n) is 12.8. The molecule has 7 nitrogen and oxygen atoms in total. The summed E-state index contributed by atoms with van der Waals surface area (Å²) in [5.41, 5.74) is 1.34. The maximum Gasteiger partial charge on any atom is 0.240 e. The standard InChI is InChI=1S/C30H25N3O4/c1-29-16-17-30(37-29,15-7-12-24-32-21-10-5-6-11-23(21)36-24)26-25(29)27(34)33(28(26)35)22-14-13-20(31-2)18-8-3-4-9-19(18)22/h3-6,8-11,13-14,25-26H,7,12,15-17H2,1H3/t25-,26+,29?,30?/m1/s1. The summed E-state index contributed by atoms with van der Waals surface area (Å²) in [6.07, 6.45) is 3.55. The summed E-state index contributed by atoms with van der Waals surface area (Å²) in [6, 6.07) is 18.6. The highest BCUT2D eigenvalue weighted by Gasteiger charge is 2.73. The van der Waals surface area contributed by atoms with Gasteiger partial charge in [0.25, 0.3) is 0 Å². The van der Waals surface area contributed by atoms with Crippen molar-refractivity contribution in [2.75, 3.05) is 4.90 Å². The maximum absolute atomic E-state index is 14.0. The number of anilines is 1. The van der Waals surface area contributed by atoms with Crippen molar-refractivity contribution in [1.29, 1.82) is 0 Å². The first-order chi connectivity index (χ1) is 17.9. The summed E-state index contributed by atoms with van der Waals surface area (Å²) in [4.78, 5) is 37.5. The minimum atomic E-state index is -0.667. The quantitative estimate of drug-likeness (QED) is 0.253. The molecular weight excluding hydrogens is 466 g/mol. The van der Waals surface area contributed by atoms with Gasteiger partial charge in [0.1, 0.15) is 5.52 Å². The molecule has 3 aliphatic rings. The number of benzene rings is 3. The molecule has 2 unspecified atom stereocenters. The molecule has 1 aromatic heterocycles. The van der Waals surface area contributed by atoms with Crippen molar-refractivity contribution in [1.82, 2.24) is 4.98 Å². The summed E-state index contributed by atoms with van der Waals surface area (Å²) in [7, 11) is 0. The van der Waals surface area contributed by atoms with E-state index in [9.17, 15) is 9.59 Å². The number of aromatic nitrogens is 1. The average Bonchev–Trinajstić information content (AvgIpc) is 3.61. The van der Waals surface area contributed by atoms with Gasteiger partial charge < -0.3 is 9.15 Å². The summed E-state index contributed by atoms with van der Waals surface area (Å²) in [5.74, 6) is -0.728. The van der Waals surface area contributed by atoms with Crippen LogP contribution < -0.4 is 4.90 Å². The van der Waals surface area contributed by atoms with E-state index in [0.29, 0.717) is 30.1 Å². The van der Waals surface area contributed by atoms with Crippen LogP contribution >= 0.6 is 0 Å². The number of hydrogen-bond donors (Lipinski definition) is 0. The van der Waals surface area contributed by atoms with Crippen molar-refractivity contribution in [3.63, 3.8) is 0 Å². The number of ether oxygens (including phenoxy) is 1. The third-order valence-electron chi connectivity index (χ3n) is 8.58. The average molecular weight is 492 g/mol. The van der Waals surface area contributed by atoms with Crippen molar-refractivity contribution in [3.8, 4) is 0 Å². The summed E-state index contributed by atoms with van der Waals surface area (Å²) >= 11 is 0. The monoisotopic (exact) mass is 491 g/mol. The lowest BCUT2D eigenvalue weighted by Gasteiger charge is -2.31. The third-order valence-corrected chi connectivity index (χ3v) is 8.58. The van der Waals surface area contributed by atoms with Crippen molar-refractivity contribution >= 4 is 45.1 Å². The van der Waals surface area contributed by atoms with Crippen LogP contribution in [0.2, 0.25) is 0 Å². The highest BCUT2D eigenvalue weighted by molar-refractivity contribution is 6.26. The minimum absolute atomic E-state index is 0.194. The molecule has 0 aliphatic carbocycles. The number of oxazole rings is 1. The second-order valence-corrected chi connectivity index (χ2v) is 10.6. The van der Waals surface area contributed by atoms with E-state index in [0.717, 1.165) is 41.1 Å². The Bertz CT molecular complexity index is 1620. The van der Waals surface area contributed by atoms with E-state index in [2.05, 4.69) is 9.83 Å². The van der Waals surface area contributed by atoms with Crippen LogP contribution in [-0.2, 0) is 20.7 Å². The fraction of sp³-hybridized carbons (Fsp3) is 0.333. The lowest BCUT2D eigenvalue weighted by atomic mass is 9.67. The minimum Gasteiger partial charge on any atom is -0.441 e. The number of para-hydroxylation sites is 2. The Morgan fingerprint density at radius 1 is 1.00 bits per heavy atom. The largest absolute Gasteiger partial charge is 0.441 e. The van der Waals surface area contributed by atoms with Crippen LogP contribution in [0.25, 0.3) is 26.7 Å². The van der Waals surface area contributed by atoms with E-state index >= 15 is 0 Å². The molecule has 7 rings (SSSR count). The van der Waals surface area contributed by atoms with Gasteiger partial charge in [-0.15, -0.1) is 0 Å². The van der Waals surface area contributed by atoms with E-state index in [-0.39, 0.29) is 11.8 Å². The van der Waals surface area contributed by atoms with Crippen molar-refractivity contribution in [2.24, 2.45) is 11.8 Å². The van der Waals surface area contributed by atoms with Gasteiger partial charge in [-0.2, -0.15) is 0 Å². The number of imide groups is 1. The summed E-state index contributed by atoms with van der Waals surface area (Å²) < 4.78 is 12.5. The molecule has 2 bridgehead atoms. The van der Waals surface area contributed by atoms with E-state index in [1.807, 2.05) is 55.5 Å². The molecule has 0 saturated carbocycles. The second kappa shape index (κ2) is 7.74. The van der Waals surface area contributed by atoms with Crippen LogP contribution in [0, 0.1) is 18.4 Å². The van der Waals surface area contributed by atoms with Gasteiger partial charge in [0, 0.05) is 6.42 Å². The normalized spacial score (nSPS) is 28.4. The molecule has 0 radical (unpaired) electrons. The van der Waals surface area contributed by atoms with Gasteiger partial charge in [0.05, 0.1) is 35.3 Å². The molecule has 0 spiro atoms. The number of amides is 2. The molecule has 4 atom stereocenters. The molecule has 37 heavy (non-hydrogen) atoms. The van der Waals surface area contributed by atoms with Gasteiger partial charge >= 0.3 is 0 Å². The zero-order valence-corrected chi connectivity index (χ0v) is 20.4. The zero-order chi connectivity index (χ0) is 25.4. The van der Waals surface area contributed by atoms with Crippen LogP contribution in [0.5, 0.6) is 0 Å². The van der Waals surface area contributed by atoms with Crippen LogP contribution in [0.15, 0.2) is 65.1 Å². The molecule has 2 amide bonds. The van der Waals surface area contributed by atoms with Crippen molar-refractivity contribution < 1.29 is 18.7 Å². The Morgan fingerprint density at radius 2 is 1.76 bits per heavy atom. The fourth-order valence-corrected chi connectivity index (χ4v) is 6.97. The Morgan fingerprint density at radius 3 is 2.57 bits per heavy atom. The maximum atomic E-state index is 14.0. The number of rotatable bonds is 5. The van der Waals surface area contributed by atoms with E-state index in [1.165, 1.54) is 4.90 Å². The Hall–Kier alpha value is -4.02. The van der Waals surface area contributed by atoms with Crippen LogP contribution in [0.1, 0.15) is 38.5 Å². The first kappa shape index (κ1) is 22.2. The van der Waals surface area contributed by atoms with Crippen molar-refractivity contribution in [3.05, 3.63) is 78.0 Å². The van der Waals surface area contributed by atoms with Gasteiger partial charge in [0.2, 0.25) is 11.8 Å². The van der Waals surface area contributed by atoms with Gasteiger partial charge in [-0.1, -0.05) is 42.5 Å². The highest BCUT2D eigenvalue weighted by atomic mass is 16.5. The van der Waals surface area contributed by atoms with E-state index in [1.54, 1.807) is 12.1 Å². The molecule has 184 valence electrons. The van der Waals surface area contributed by atoms with Crippen LogP contribution in [0.3, 0.4) is 0 Å². The molecule has 0 N–H and O–H groups in total. The first-order valence-corrected chi connectivity index (χ1v) is 12.8. The highest BCUT2D eigenvalue weighted by Crippen LogP contribution is 2.63. The molecule has 4 aromatic rings. The van der Waals surface area contributed by atoms with Crippen molar-refractivity contribution in [2.45, 2.75) is 50.2 Å². The van der Waals surface area contributed by atoms with Crippen LogP contribution in [-0.4, -0.2) is 28.0 Å². The number of hydrogen-bond acceptors (Lipinski definition) is 5. The van der Waals surface area contributed by atoms with Gasteiger partial charge in [-0.05, 0) is 61.6 Å². The van der Waals surface area contributed by atoms with Gasteiger partial charge in [-0.3, -0.25) is 9.59 Å². The Balaban J connectivity index is 1.20. The molecule has 7 heteroatoms. The van der Waals surface area contributed by atoms with Gasteiger partial charge in [0.15, 0.2) is 17.2 Å². The predicted octanol–water partition coefficient (Wildman–Crippen LogP) is 5.98. The molecule has 3 fully saturated rings. The van der Waals surface area contributed by atoms with E-state index in [4.69, 9.17) is 15.7 Å². The fourth-order valence-electron chi connectivity index (χ4n) is 6.97. The SMILES string of the molecule is [C-]#[N+]c1ccc(N2C(=O)[C@@H]3[C@H](C2=O)C2(C)CCC3(CCCc3nc4ccccc4o3)O2)c2ccccc12. The smallest absolute Gasteiger partial charge is 0.240 e. The number of carbonyl (C=O) groups is 2. The van der Waals surface area contributed by atoms with E-state index < -0.39 is 23.0 Å². The third kappa shape index (κ3) is 3.06. The van der Waals surface area contributed by atoms with Crippen LogP contribution in [0.4, 0.5) is 11.4 Å². The number of aryl methyl sites for hydroxylation is 1. The van der Waals surface area contributed by atoms with Gasteiger partial charge in [-0.25, -0.2) is 14.7 Å². The summed E-state index contributed by atoms with van der Waals surface area (Å²) in [6.45, 7) is 9.49. The molecule has 4 heterocycles. The predicted molar refractivity (Wildman–Crippen MR) is 138 cm³/mol.